The second-order valence-electron chi connectivity index (χ2n) is 10.7. The highest BCUT2D eigenvalue weighted by Gasteiger charge is 2.36. The molecule has 194 valence electrons. The van der Waals surface area contributed by atoms with Crippen LogP contribution in [0, 0.1) is 5.82 Å². The van der Waals surface area contributed by atoms with Crippen LogP contribution in [0.3, 0.4) is 0 Å². The Morgan fingerprint density at radius 3 is 2.57 bits per heavy atom. The Balaban J connectivity index is 1.52. The Kier molecular flexibility index (Phi) is 7.15. The molecule has 5 nitrogen and oxygen atoms in total. The summed E-state index contributed by atoms with van der Waals surface area (Å²) in [6, 6.07) is 14.8. The lowest BCUT2D eigenvalue weighted by molar-refractivity contribution is -0.290. The monoisotopic (exact) mass is 503 g/mol. The largest absolute Gasteiger partial charge is 0.463 e. The molecule has 2 fully saturated rings. The molecule has 2 heterocycles. The minimum Gasteiger partial charge on any atom is -0.463 e. The van der Waals surface area contributed by atoms with Crippen LogP contribution in [0.1, 0.15) is 70.6 Å². The van der Waals surface area contributed by atoms with Crippen molar-refractivity contribution in [2.45, 2.75) is 83.4 Å². The topological polar surface area (TPSA) is 57.7 Å². The van der Waals surface area contributed by atoms with Crippen LogP contribution in [-0.4, -0.2) is 35.1 Å². The number of pyridine rings is 1. The summed E-state index contributed by atoms with van der Waals surface area (Å²) in [6.45, 7) is 7.41. The van der Waals surface area contributed by atoms with Crippen molar-refractivity contribution in [2.24, 2.45) is 0 Å². The zero-order valence-electron chi connectivity index (χ0n) is 21.9. The maximum absolute atomic E-state index is 13.8. The molecule has 0 N–H and O–H groups in total. The number of rotatable bonds is 7. The van der Waals surface area contributed by atoms with Gasteiger partial charge in [0.25, 0.3) is 0 Å². The number of hydrogen-bond donors (Lipinski definition) is 0. The van der Waals surface area contributed by atoms with E-state index in [1.807, 2.05) is 58.0 Å². The summed E-state index contributed by atoms with van der Waals surface area (Å²) < 4.78 is 31.4. The van der Waals surface area contributed by atoms with Crippen molar-refractivity contribution in [3.63, 3.8) is 0 Å². The highest BCUT2D eigenvalue weighted by molar-refractivity contribution is 5.99. The first-order valence-corrected chi connectivity index (χ1v) is 13.1. The first-order chi connectivity index (χ1) is 17.7. The number of aromatic nitrogens is 1. The first kappa shape index (κ1) is 25.6. The van der Waals surface area contributed by atoms with E-state index in [4.69, 9.17) is 19.2 Å². The van der Waals surface area contributed by atoms with Gasteiger partial charge in [0.2, 0.25) is 0 Å². The van der Waals surface area contributed by atoms with Crippen molar-refractivity contribution < 1.29 is 23.4 Å². The molecule has 2 aromatic carbocycles. The van der Waals surface area contributed by atoms with E-state index in [0.29, 0.717) is 12.3 Å². The molecule has 1 aromatic heterocycles. The molecule has 0 bridgehead atoms. The van der Waals surface area contributed by atoms with E-state index in [1.165, 1.54) is 12.1 Å². The number of ether oxygens (including phenoxy) is 3. The van der Waals surface area contributed by atoms with E-state index in [0.717, 1.165) is 46.1 Å². The van der Waals surface area contributed by atoms with Gasteiger partial charge in [-0.15, -0.1) is 0 Å². The number of para-hydroxylation sites is 1. The summed E-state index contributed by atoms with van der Waals surface area (Å²) in [5, 5.41) is 1.03. The molecule has 2 atom stereocenters. The fraction of sp³-hybridized carbons (Fsp3) is 0.419. The number of carbonyl (C=O) groups excluding carboxylic acids is 1. The Labute approximate surface area is 217 Å². The maximum Gasteiger partial charge on any atom is 0.308 e. The van der Waals surface area contributed by atoms with Crippen LogP contribution in [-0.2, 0) is 19.0 Å². The predicted molar refractivity (Wildman–Crippen MR) is 142 cm³/mol. The van der Waals surface area contributed by atoms with Crippen molar-refractivity contribution in [3.8, 4) is 11.1 Å². The average molecular weight is 504 g/mol. The van der Waals surface area contributed by atoms with Gasteiger partial charge in [0.1, 0.15) is 5.82 Å². The fourth-order valence-corrected chi connectivity index (χ4v) is 5.10. The lowest BCUT2D eigenvalue weighted by Crippen LogP contribution is -2.44. The zero-order valence-corrected chi connectivity index (χ0v) is 21.9. The lowest BCUT2D eigenvalue weighted by Gasteiger charge is -2.39. The number of hydrogen-bond acceptors (Lipinski definition) is 5. The van der Waals surface area contributed by atoms with E-state index in [2.05, 4.69) is 18.2 Å². The smallest absolute Gasteiger partial charge is 0.308 e. The molecular formula is C31H34FNO4. The Morgan fingerprint density at radius 2 is 1.86 bits per heavy atom. The van der Waals surface area contributed by atoms with Gasteiger partial charge in [-0.2, -0.15) is 0 Å². The van der Waals surface area contributed by atoms with Crippen LogP contribution in [0.25, 0.3) is 28.1 Å². The second-order valence-corrected chi connectivity index (χ2v) is 10.7. The molecule has 0 spiro atoms. The van der Waals surface area contributed by atoms with Crippen molar-refractivity contribution in [2.75, 3.05) is 0 Å². The van der Waals surface area contributed by atoms with E-state index < -0.39 is 5.79 Å². The van der Waals surface area contributed by atoms with Crippen LogP contribution >= 0.6 is 0 Å². The Bertz CT molecular complexity index is 1310. The van der Waals surface area contributed by atoms with Crippen LogP contribution < -0.4 is 0 Å². The molecule has 1 saturated heterocycles. The van der Waals surface area contributed by atoms with Crippen molar-refractivity contribution in [3.05, 3.63) is 71.7 Å². The molecule has 37 heavy (non-hydrogen) atoms. The average Bonchev–Trinajstić information content (AvgIpc) is 3.66. The molecule has 2 aliphatic rings. The third kappa shape index (κ3) is 6.08. The molecule has 6 heteroatoms. The highest BCUT2D eigenvalue weighted by Crippen LogP contribution is 2.45. The van der Waals surface area contributed by atoms with E-state index in [1.54, 1.807) is 0 Å². The van der Waals surface area contributed by atoms with Crippen molar-refractivity contribution >= 4 is 22.9 Å². The summed E-state index contributed by atoms with van der Waals surface area (Å²) in [5.41, 5.74) is 5.04. The minimum atomic E-state index is -0.837. The number of benzene rings is 2. The Morgan fingerprint density at radius 1 is 1.14 bits per heavy atom. The molecule has 0 radical (unpaired) electrons. The normalized spacial score (nSPS) is 21.6. The van der Waals surface area contributed by atoms with Gasteiger partial charge in [0.15, 0.2) is 5.79 Å². The van der Waals surface area contributed by atoms with Crippen LogP contribution in [0.5, 0.6) is 0 Å². The molecule has 5 rings (SSSR count). The molecule has 2 unspecified atom stereocenters. The number of nitrogens with zero attached hydrogens (tertiary/aromatic N) is 1. The van der Waals surface area contributed by atoms with Gasteiger partial charge in [-0.1, -0.05) is 42.5 Å². The number of halogens is 1. The van der Waals surface area contributed by atoms with E-state index in [9.17, 15) is 9.18 Å². The molecule has 3 aromatic rings. The van der Waals surface area contributed by atoms with Crippen LogP contribution in [0.2, 0.25) is 0 Å². The zero-order chi connectivity index (χ0) is 26.2. The minimum absolute atomic E-state index is 0.165. The van der Waals surface area contributed by atoms with E-state index in [-0.39, 0.29) is 36.5 Å². The highest BCUT2D eigenvalue weighted by atomic mass is 19.1. The summed E-state index contributed by atoms with van der Waals surface area (Å²) >= 11 is 0. The lowest BCUT2D eigenvalue weighted by atomic mass is 9.92. The van der Waals surface area contributed by atoms with Crippen LogP contribution in [0.4, 0.5) is 4.39 Å². The number of carbonyl (C=O) groups is 1. The summed E-state index contributed by atoms with van der Waals surface area (Å²) in [5.74, 6) is -0.958. The number of esters is 1. The standard InChI is InChI=1S/C31H34FNO4/c1-19(2)35-28(34)18-24-17-23(36-31(3,4)37-24)15-16-26-29(20-11-13-22(32)14-12-20)25-7-5-6-8-27(25)33-30(26)21-9-10-21/h5-8,11-16,19,21,23-24H,9-10,17-18H2,1-4H3. The first-order valence-electron chi connectivity index (χ1n) is 13.1. The van der Waals surface area contributed by atoms with Crippen molar-refractivity contribution in [1.29, 1.82) is 0 Å². The SMILES string of the molecule is CC(C)OC(=O)CC1CC(C=Cc2c(C3CC3)nc3ccccc3c2-c2ccc(F)cc2)OC(C)(C)O1. The third-order valence-electron chi connectivity index (χ3n) is 6.68. The molecular weight excluding hydrogens is 469 g/mol. The maximum atomic E-state index is 13.8. The van der Waals surface area contributed by atoms with E-state index >= 15 is 0 Å². The van der Waals surface area contributed by atoms with Crippen molar-refractivity contribution in [1.82, 2.24) is 4.98 Å². The second kappa shape index (κ2) is 10.3. The fourth-order valence-electron chi connectivity index (χ4n) is 5.10. The van der Waals surface area contributed by atoms with Crippen LogP contribution in [0.15, 0.2) is 54.6 Å². The third-order valence-corrected chi connectivity index (χ3v) is 6.68. The summed E-state index contributed by atoms with van der Waals surface area (Å²) in [4.78, 5) is 17.4. The molecule has 1 aliphatic carbocycles. The predicted octanol–water partition coefficient (Wildman–Crippen LogP) is 7.18. The molecule has 1 saturated carbocycles. The van der Waals surface area contributed by atoms with Gasteiger partial charge in [-0.25, -0.2) is 4.39 Å². The van der Waals surface area contributed by atoms with Gasteiger partial charge >= 0.3 is 5.97 Å². The summed E-state index contributed by atoms with van der Waals surface area (Å²) in [7, 11) is 0. The van der Waals surface area contributed by atoms with Gasteiger partial charge in [-0.05, 0) is 64.3 Å². The van der Waals surface area contributed by atoms with Gasteiger partial charge in [0.05, 0.1) is 35.9 Å². The quantitative estimate of drug-likeness (QED) is 0.320. The van der Waals surface area contributed by atoms with Gasteiger partial charge < -0.3 is 14.2 Å². The molecule has 0 amide bonds. The van der Waals surface area contributed by atoms with Gasteiger partial charge in [-0.3, -0.25) is 9.78 Å². The number of fused-ring (bicyclic) bond motifs is 1. The summed E-state index contributed by atoms with van der Waals surface area (Å²) in [6.07, 6.45) is 6.36. The molecule has 1 aliphatic heterocycles. The Hall–Kier alpha value is -3.09. The van der Waals surface area contributed by atoms with Gasteiger partial charge in [0, 0.05) is 28.9 Å².